The van der Waals surface area contributed by atoms with E-state index in [1.165, 1.54) is 24.2 Å². The third-order valence-electron chi connectivity index (χ3n) is 8.15. The van der Waals surface area contributed by atoms with Gasteiger partial charge in [-0.05, 0) is 63.1 Å². The number of nitrogens with one attached hydrogen (secondary N) is 2. The van der Waals surface area contributed by atoms with E-state index in [4.69, 9.17) is 4.98 Å². The van der Waals surface area contributed by atoms with Crippen molar-refractivity contribution in [2.24, 2.45) is 11.8 Å². The molecule has 200 valence electrons. The summed E-state index contributed by atoms with van der Waals surface area (Å²) in [5.74, 6) is 1.97. The van der Waals surface area contributed by atoms with Gasteiger partial charge in [0.25, 0.3) is 5.91 Å². The van der Waals surface area contributed by atoms with Gasteiger partial charge in [0, 0.05) is 43.5 Å². The van der Waals surface area contributed by atoms with Crippen LogP contribution in [0.5, 0.6) is 0 Å². The molecule has 4 aromatic rings. The number of thiazole rings is 2. The number of carbonyl (C=O) groups excluding carboxylic acids is 1. The first-order valence-corrected chi connectivity index (χ1v) is 15.0. The summed E-state index contributed by atoms with van der Waals surface area (Å²) in [4.78, 5) is 47.4. The molecule has 9 nitrogen and oxygen atoms in total. The van der Waals surface area contributed by atoms with Gasteiger partial charge >= 0.3 is 0 Å². The molecule has 39 heavy (non-hydrogen) atoms. The number of anilines is 3. The number of piperazine rings is 1. The monoisotopic (exact) mass is 559 g/mol. The quantitative estimate of drug-likeness (QED) is 0.348. The SMILES string of the molecule is Cc1nc(C)c(-c2csc(Nc3ccc(C(=O)N4CCN(c5ccc(=O)[nH]c5)C[C@]45C[C@@H]5C4CC4)cn3)n2)s1. The summed E-state index contributed by atoms with van der Waals surface area (Å²) in [7, 11) is 0. The molecule has 0 radical (unpaired) electrons. The number of nitrogens with zero attached hydrogens (tertiary/aromatic N) is 5. The van der Waals surface area contributed by atoms with E-state index < -0.39 is 0 Å². The van der Waals surface area contributed by atoms with Crippen molar-refractivity contribution in [2.75, 3.05) is 29.9 Å². The van der Waals surface area contributed by atoms with E-state index in [0.717, 1.165) is 57.5 Å². The van der Waals surface area contributed by atoms with Crippen LogP contribution in [0.15, 0.2) is 46.8 Å². The van der Waals surface area contributed by atoms with Crippen LogP contribution < -0.4 is 15.8 Å². The number of aryl methyl sites for hydroxylation is 2. The summed E-state index contributed by atoms with van der Waals surface area (Å²) in [6, 6.07) is 7.16. The lowest BCUT2D eigenvalue weighted by atomic mass is 10.0. The lowest BCUT2D eigenvalue weighted by molar-refractivity contribution is 0.0595. The van der Waals surface area contributed by atoms with E-state index in [0.29, 0.717) is 23.8 Å². The maximum absolute atomic E-state index is 13.8. The molecular formula is C28H29N7O2S2. The number of hydrogen-bond acceptors (Lipinski definition) is 9. The largest absolute Gasteiger partial charge is 0.366 e. The maximum atomic E-state index is 13.8. The zero-order valence-electron chi connectivity index (χ0n) is 21.8. The lowest BCUT2D eigenvalue weighted by Gasteiger charge is -2.44. The minimum atomic E-state index is -0.145. The van der Waals surface area contributed by atoms with Gasteiger partial charge < -0.3 is 20.1 Å². The number of rotatable bonds is 6. The van der Waals surface area contributed by atoms with E-state index in [9.17, 15) is 9.59 Å². The van der Waals surface area contributed by atoms with Gasteiger partial charge in [0.2, 0.25) is 5.56 Å². The third-order valence-corrected chi connectivity index (χ3v) is 10.0. The van der Waals surface area contributed by atoms with Gasteiger partial charge in [0.15, 0.2) is 5.13 Å². The average Bonchev–Trinajstić information content (AvgIpc) is 3.82. The molecule has 1 aliphatic heterocycles. The highest BCUT2D eigenvalue weighted by atomic mass is 32.1. The minimum Gasteiger partial charge on any atom is -0.366 e. The highest BCUT2D eigenvalue weighted by Crippen LogP contribution is 2.61. The fraction of sp³-hybridized carbons (Fsp3) is 0.393. The van der Waals surface area contributed by atoms with Crippen molar-refractivity contribution in [2.45, 2.75) is 38.6 Å². The van der Waals surface area contributed by atoms with Gasteiger partial charge in [0.1, 0.15) is 5.82 Å². The summed E-state index contributed by atoms with van der Waals surface area (Å²) in [5, 5.41) is 7.09. The van der Waals surface area contributed by atoms with Crippen molar-refractivity contribution in [3.8, 4) is 10.6 Å². The van der Waals surface area contributed by atoms with Crippen LogP contribution in [0.25, 0.3) is 10.6 Å². The zero-order chi connectivity index (χ0) is 26.7. The predicted octanol–water partition coefficient (Wildman–Crippen LogP) is 4.84. The number of H-pyrrole nitrogens is 1. The van der Waals surface area contributed by atoms with Crippen molar-refractivity contribution in [3.05, 3.63) is 68.7 Å². The first-order valence-electron chi connectivity index (χ1n) is 13.3. The first kappa shape index (κ1) is 24.5. The highest BCUT2D eigenvalue weighted by molar-refractivity contribution is 7.16. The molecule has 2 N–H and O–H groups in total. The summed E-state index contributed by atoms with van der Waals surface area (Å²) >= 11 is 3.17. The number of pyridine rings is 2. The van der Waals surface area contributed by atoms with Crippen molar-refractivity contribution in [3.63, 3.8) is 0 Å². The lowest BCUT2D eigenvalue weighted by Crippen LogP contribution is -2.58. The Bertz CT molecular complexity index is 1590. The molecule has 11 heteroatoms. The Morgan fingerprint density at radius 3 is 2.72 bits per heavy atom. The van der Waals surface area contributed by atoms with E-state index in [2.05, 4.69) is 30.1 Å². The fourth-order valence-electron chi connectivity index (χ4n) is 6.04. The number of hydrogen-bond donors (Lipinski definition) is 2. The number of carbonyl (C=O) groups is 1. The molecule has 3 aliphatic rings. The summed E-state index contributed by atoms with van der Waals surface area (Å²) < 4.78 is 0. The molecule has 2 saturated carbocycles. The molecule has 5 heterocycles. The van der Waals surface area contributed by atoms with E-state index in [1.807, 2.05) is 37.4 Å². The Hall–Kier alpha value is -3.57. The Morgan fingerprint density at radius 1 is 1.15 bits per heavy atom. The van der Waals surface area contributed by atoms with Gasteiger partial charge in [-0.2, -0.15) is 0 Å². The van der Waals surface area contributed by atoms with Gasteiger partial charge in [-0.1, -0.05) is 0 Å². The first-order chi connectivity index (χ1) is 18.9. The van der Waals surface area contributed by atoms with E-state index >= 15 is 0 Å². The topological polar surface area (TPSA) is 107 Å². The van der Waals surface area contributed by atoms with Crippen molar-refractivity contribution in [1.82, 2.24) is 24.8 Å². The van der Waals surface area contributed by atoms with Gasteiger partial charge in [-0.3, -0.25) is 9.59 Å². The maximum Gasteiger partial charge on any atom is 0.256 e. The zero-order valence-corrected chi connectivity index (χ0v) is 23.4. The van der Waals surface area contributed by atoms with Gasteiger partial charge in [-0.25, -0.2) is 15.0 Å². The van der Waals surface area contributed by atoms with Crippen LogP contribution in [0.3, 0.4) is 0 Å². The molecule has 1 saturated heterocycles. The molecule has 0 bridgehead atoms. The van der Waals surface area contributed by atoms with Crippen LogP contribution in [-0.2, 0) is 0 Å². The molecule has 3 fully saturated rings. The smallest absolute Gasteiger partial charge is 0.256 e. The Balaban J connectivity index is 1.06. The van der Waals surface area contributed by atoms with Crippen LogP contribution in [0, 0.1) is 25.7 Å². The summed E-state index contributed by atoms with van der Waals surface area (Å²) in [6.45, 7) is 6.19. The summed E-state index contributed by atoms with van der Waals surface area (Å²) in [5.41, 5.74) is 3.27. The van der Waals surface area contributed by atoms with Crippen molar-refractivity contribution in [1.29, 1.82) is 0 Å². The van der Waals surface area contributed by atoms with Crippen LogP contribution >= 0.6 is 22.7 Å². The number of aromatic amines is 1. The second-order valence-electron chi connectivity index (χ2n) is 10.8. The molecule has 0 unspecified atom stereocenters. The second-order valence-corrected chi connectivity index (χ2v) is 12.8. The normalized spacial score (nSPS) is 22.4. The number of aromatic nitrogens is 4. The van der Waals surface area contributed by atoms with Gasteiger partial charge in [-0.15, -0.1) is 22.7 Å². The van der Waals surface area contributed by atoms with Crippen LogP contribution in [0.2, 0.25) is 0 Å². The standard InChI is InChI=1S/C28H29N7O2S2/c1-16-25(39-17(2)31-16)22-14-38-27(32-22)33-23-7-5-19(12-29-23)26(37)35-10-9-34(20-6-8-24(36)30-13-20)15-28(35)11-21(28)18-3-4-18/h5-8,12-14,18,21H,3-4,9-11,15H2,1-2H3,(H,30,36)(H,29,32,33)/t21-,28+/m1/s1. The molecule has 2 atom stereocenters. The Morgan fingerprint density at radius 2 is 2.03 bits per heavy atom. The van der Waals surface area contributed by atoms with Gasteiger partial charge in [0.05, 0.1) is 38.1 Å². The van der Waals surface area contributed by atoms with Crippen molar-refractivity contribution < 1.29 is 4.79 Å². The Kier molecular flexibility index (Phi) is 5.82. The number of amides is 1. The second kappa shape index (κ2) is 9.27. The molecule has 7 rings (SSSR count). The third kappa shape index (κ3) is 4.53. The summed E-state index contributed by atoms with van der Waals surface area (Å²) in [6.07, 6.45) is 7.02. The fourth-order valence-corrected chi connectivity index (χ4v) is 7.71. The van der Waals surface area contributed by atoms with Crippen LogP contribution in [0.4, 0.5) is 16.6 Å². The van der Waals surface area contributed by atoms with Crippen LogP contribution in [0.1, 0.15) is 40.3 Å². The molecule has 1 amide bonds. The molecule has 4 aromatic heterocycles. The van der Waals surface area contributed by atoms with Crippen LogP contribution in [-0.4, -0.2) is 55.9 Å². The van der Waals surface area contributed by atoms with Crippen molar-refractivity contribution >= 4 is 45.2 Å². The highest BCUT2D eigenvalue weighted by Gasteiger charge is 2.65. The molecule has 1 spiro atoms. The predicted molar refractivity (Wildman–Crippen MR) is 154 cm³/mol. The molecule has 0 aromatic carbocycles. The van der Waals surface area contributed by atoms with E-state index in [1.54, 1.807) is 29.8 Å². The Labute approximate surface area is 234 Å². The van der Waals surface area contributed by atoms with E-state index in [-0.39, 0.29) is 17.0 Å². The minimum absolute atomic E-state index is 0.0471. The molecule has 2 aliphatic carbocycles. The molecular weight excluding hydrogens is 530 g/mol. The average molecular weight is 560 g/mol.